The van der Waals surface area contributed by atoms with E-state index in [9.17, 15) is 4.79 Å². The minimum atomic E-state index is -0.0258. The minimum Gasteiger partial charge on any atom is -0.497 e. The number of hydrogen-bond donors (Lipinski definition) is 1. The van der Waals surface area contributed by atoms with Gasteiger partial charge in [0.1, 0.15) is 5.75 Å². The molecule has 0 fully saturated rings. The molecule has 0 amide bonds. The van der Waals surface area contributed by atoms with Gasteiger partial charge in [0.2, 0.25) is 6.79 Å². The Labute approximate surface area is 134 Å². The molecule has 0 saturated carbocycles. The zero-order chi connectivity index (χ0) is 16.2. The molecule has 0 atom stereocenters. The van der Waals surface area contributed by atoms with Crippen molar-refractivity contribution in [3.8, 4) is 17.2 Å². The van der Waals surface area contributed by atoms with Crippen LogP contribution in [0.1, 0.15) is 16.8 Å². The maximum atomic E-state index is 12.3. The summed E-state index contributed by atoms with van der Waals surface area (Å²) in [5.74, 6) is 2.03. The highest BCUT2D eigenvalue weighted by Crippen LogP contribution is 2.34. The van der Waals surface area contributed by atoms with E-state index >= 15 is 0 Å². The number of carbonyl (C=O) groups is 1. The van der Waals surface area contributed by atoms with E-state index in [2.05, 4.69) is 11.9 Å². The van der Waals surface area contributed by atoms with Crippen molar-refractivity contribution in [3.63, 3.8) is 0 Å². The van der Waals surface area contributed by atoms with Crippen LogP contribution in [-0.2, 0) is 0 Å². The maximum Gasteiger partial charge on any atom is 0.231 e. The Morgan fingerprint density at radius 2 is 2.04 bits per heavy atom. The summed E-state index contributed by atoms with van der Waals surface area (Å²) in [6.45, 7) is 4.15. The van der Waals surface area contributed by atoms with Gasteiger partial charge in [-0.3, -0.25) is 4.79 Å². The van der Waals surface area contributed by atoms with Crippen LogP contribution in [0, 0.1) is 0 Å². The predicted octanol–water partition coefficient (Wildman–Crippen LogP) is 3.62. The number of fused-ring (bicyclic) bond motifs is 1. The molecule has 1 heterocycles. The number of hydrogen-bond acceptors (Lipinski definition) is 5. The highest BCUT2D eigenvalue weighted by Gasteiger charge is 2.14. The SMILES string of the molecule is C=C(CC(=O)c1cccc(OC)c1)Nc1ccc2c(c1)OCO2. The standard InChI is InChI=1S/C18H17NO4/c1-12(8-16(20)13-4-3-5-15(9-13)21-2)19-14-6-7-17-18(10-14)23-11-22-17/h3-7,9-10,19H,1,8,11H2,2H3. The fraction of sp³-hybridized carbons (Fsp3) is 0.167. The van der Waals surface area contributed by atoms with E-state index in [0.29, 0.717) is 28.5 Å². The number of nitrogens with one attached hydrogen (secondary N) is 1. The Hall–Kier alpha value is -2.95. The van der Waals surface area contributed by atoms with Crippen LogP contribution >= 0.6 is 0 Å². The number of methoxy groups -OCH3 is 1. The van der Waals surface area contributed by atoms with Gasteiger partial charge in [-0.15, -0.1) is 0 Å². The summed E-state index contributed by atoms with van der Waals surface area (Å²) >= 11 is 0. The van der Waals surface area contributed by atoms with Crippen molar-refractivity contribution in [1.29, 1.82) is 0 Å². The molecule has 0 aromatic heterocycles. The molecule has 1 N–H and O–H groups in total. The van der Waals surface area contributed by atoms with Gasteiger partial charge in [0.25, 0.3) is 0 Å². The molecule has 2 aromatic carbocycles. The number of anilines is 1. The first kappa shape index (κ1) is 15.0. The number of carbonyl (C=O) groups excluding carboxylic acids is 1. The zero-order valence-corrected chi connectivity index (χ0v) is 12.8. The van der Waals surface area contributed by atoms with Crippen molar-refractivity contribution in [2.45, 2.75) is 6.42 Å². The Morgan fingerprint density at radius 3 is 2.87 bits per heavy atom. The van der Waals surface area contributed by atoms with Crippen molar-refractivity contribution < 1.29 is 19.0 Å². The number of rotatable bonds is 6. The van der Waals surface area contributed by atoms with Gasteiger partial charge in [-0.2, -0.15) is 0 Å². The second kappa shape index (κ2) is 6.44. The largest absolute Gasteiger partial charge is 0.497 e. The summed E-state index contributed by atoms with van der Waals surface area (Å²) in [5.41, 5.74) is 2.01. The number of ether oxygens (including phenoxy) is 3. The quantitative estimate of drug-likeness (QED) is 0.826. The summed E-state index contributed by atoms with van der Waals surface area (Å²) in [7, 11) is 1.57. The molecular weight excluding hydrogens is 294 g/mol. The lowest BCUT2D eigenvalue weighted by Crippen LogP contribution is -2.06. The van der Waals surface area contributed by atoms with Crippen LogP contribution in [0.25, 0.3) is 0 Å². The lowest BCUT2D eigenvalue weighted by atomic mass is 10.1. The highest BCUT2D eigenvalue weighted by molar-refractivity contribution is 5.98. The zero-order valence-electron chi connectivity index (χ0n) is 12.8. The molecule has 118 valence electrons. The molecule has 1 aliphatic rings. The van der Waals surface area contributed by atoms with Crippen LogP contribution in [0.15, 0.2) is 54.7 Å². The number of benzene rings is 2. The molecule has 5 nitrogen and oxygen atoms in total. The fourth-order valence-electron chi connectivity index (χ4n) is 2.31. The van der Waals surface area contributed by atoms with E-state index in [0.717, 1.165) is 5.69 Å². The van der Waals surface area contributed by atoms with Gasteiger partial charge in [0.05, 0.1) is 13.5 Å². The van der Waals surface area contributed by atoms with Gasteiger partial charge in [-0.25, -0.2) is 0 Å². The number of allylic oxidation sites excluding steroid dienone is 1. The average Bonchev–Trinajstić information content (AvgIpc) is 3.02. The second-order valence-electron chi connectivity index (χ2n) is 5.13. The summed E-state index contributed by atoms with van der Waals surface area (Å²) in [5, 5.41) is 3.12. The summed E-state index contributed by atoms with van der Waals surface area (Å²) in [6, 6.07) is 12.6. The third-order valence-corrected chi connectivity index (χ3v) is 3.46. The van der Waals surface area contributed by atoms with E-state index in [1.54, 1.807) is 31.4 Å². The van der Waals surface area contributed by atoms with Gasteiger partial charge >= 0.3 is 0 Å². The molecule has 0 aliphatic carbocycles. The molecule has 5 heteroatoms. The van der Waals surface area contributed by atoms with Crippen LogP contribution in [0.2, 0.25) is 0 Å². The van der Waals surface area contributed by atoms with Gasteiger partial charge in [-0.05, 0) is 24.3 Å². The topological polar surface area (TPSA) is 56.8 Å². The molecule has 3 rings (SSSR count). The molecular formula is C18H17NO4. The molecule has 0 saturated heterocycles. The van der Waals surface area contributed by atoms with Crippen molar-refractivity contribution >= 4 is 11.5 Å². The van der Waals surface area contributed by atoms with Crippen molar-refractivity contribution in [3.05, 3.63) is 60.3 Å². The molecule has 0 radical (unpaired) electrons. The van der Waals surface area contributed by atoms with Crippen LogP contribution in [-0.4, -0.2) is 19.7 Å². The lowest BCUT2D eigenvalue weighted by molar-refractivity contribution is 0.0993. The maximum absolute atomic E-state index is 12.3. The average molecular weight is 311 g/mol. The van der Waals surface area contributed by atoms with Crippen molar-refractivity contribution in [1.82, 2.24) is 0 Å². The Morgan fingerprint density at radius 1 is 1.22 bits per heavy atom. The number of ketones is 1. The third-order valence-electron chi connectivity index (χ3n) is 3.46. The van der Waals surface area contributed by atoms with Crippen LogP contribution in [0.3, 0.4) is 0 Å². The monoisotopic (exact) mass is 311 g/mol. The smallest absolute Gasteiger partial charge is 0.231 e. The predicted molar refractivity (Wildman–Crippen MR) is 87.3 cm³/mol. The van der Waals surface area contributed by atoms with Gasteiger partial charge in [0.15, 0.2) is 17.3 Å². The first-order chi connectivity index (χ1) is 11.2. The van der Waals surface area contributed by atoms with E-state index in [1.165, 1.54) is 0 Å². The first-order valence-electron chi connectivity index (χ1n) is 7.17. The molecule has 2 aromatic rings. The molecule has 0 spiro atoms. The van der Waals surface area contributed by atoms with Gasteiger partial charge in [0, 0.05) is 23.0 Å². The van der Waals surface area contributed by atoms with Crippen molar-refractivity contribution in [2.24, 2.45) is 0 Å². The van der Waals surface area contributed by atoms with E-state index < -0.39 is 0 Å². The van der Waals surface area contributed by atoms with Gasteiger partial charge in [-0.1, -0.05) is 18.7 Å². The van der Waals surface area contributed by atoms with Gasteiger partial charge < -0.3 is 19.5 Å². The molecule has 23 heavy (non-hydrogen) atoms. The van der Waals surface area contributed by atoms with Crippen LogP contribution < -0.4 is 19.5 Å². The van der Waals surface area contributed by atoms with E-state index in [-0.39, 0.29) is 19.0 Å². The second-order valence-corrected chi connectivity index (χ2v) is 5.13. The Bertz CT molecular complexity index is 754. The molecule has 0 bridgehead atoms. The van der Waals surface area contributed by atoms with Crippen LogP contribution in [0.4, 0.5) is 5.69 Å². The lowest BCUT2D eigenvalue weighted by Gasteiger charge is -2.10. The summed E-state index contributed by atoms with van der Waals surface area (Å²) in [4.78, 5) is 12.3. The minimum absolute atomic E-state index is 0.0258. The third kappa shape index (κ3) is 3.45. The summed E-state index contributed by atoms with van der Waals surface area (Å²) < 4.78 is 15.7. The molecule has 0 unspecified atom stereocenters. The normalized spacial score (nSPS) is 11.9. The highest BCUT2D eigenvalue weighted by atomic mass is 16.7. The number of Topliss-reactive ketones (excluding diaryl/α,β-unsaturated/α-hetero) is 1. The Kier molecular flexibility index (Phi) is 4.19. The van der Waals surface area contributed by atoms with E-state index in [1.807, 2.05) is 18.2 Å². The van der Waals surface area contributed by atoms with Crippen molar-refractivity contribution in [2.75, 3.05) is 19.2 Å². The fourth-order valence-corrected chi connectivity index (χ4v) is 2.31. The molecule has 1 aliphatic heterocycles. The van der Waals surface area contributed by atoms with Crippen LogP contribution in [0.5, 0.6) is 17.2 Å². The first-order valence-corrected chi connectivity index (χ1v) is 7.17. The Balaban J connectivity index is 1.63. The van der Waals surface area contributed by atoms with E-state index in [4.69, 9.17) is 14.2 Å². The summed E-state index contributed by atoms with van der Waals surface area (Å²) in [6.07, 6.45) is 0.196.